The number of pyridine rings is 1. The van der Waals surface area contributed by atoms with Gasteiger partial charge in [-0.25, -0.2) is 12.9 Å². The van der Waals surface area contributed by atoms with Crippen LogP contribution in [0.15, 0.2) is 22.8 Å². The van der Waals surface area contributed by atoms with Crippen LogP contribution in [0.25, 0.3) is 5.65 Å². The second-order valence-corrected chi connectivity index (χ2v) is 7.47. The molecule has 3 rings (SSSR count). The predicted molar refractivity (Wildman–Crippen MR) is 71.4 cm³/mol. The first-order valence-electron chi connectivity index (χ1n) is 5.51. The van der Waals surface area contributed by atoms with Gasteiger partial charge in [-0.3, -0.25) is 0 Å². The summed E-state index contributed by atoms with van der Waals surface area (Å²) in [5.41, 5.74) is 0.724. The molecule has 0 spiro atoms. The van der Waals surface area contributed by atoms with E-state index in [9.17, 15) is 8.42 Å². The van der Waals surface area contributed by atoms with Crippen molar-refractivity contribution < 1.29 is 8.42 Å². The molecule has 6 nitrogen and oxygen atoms in total. The van der Waals surface area contributed by atoms with Gasteiger partial charge in [0.1, 0.15) is 0 Å². The lowest BCUT2D eigenvalue weighted by Crippen LogP contribution is -2.21. The van der Waals surface area contributed by atoms with Gasteiger partial charge in [0.2, 0.25) is 5.95 Å². The Morgan fingerprint density at radius 2 is 2.28 bits per heavy atom. The van der Waals surface area contributed by atoms with Crippen LogP contribution in [0.4, 0.5) is 5.95 Å². The third-order valence-electron chi connectivity index (χ3n) is 2.86. The van der Waals surface area contributed by atoms with Gasteiger partial charge in [0.05, 0.1) is 11.5 Å². The topological polar surface area (TPSA) is 76.4 Å². The molecular weight excluding hydrogens is 320 g/mol. The van der Waals surface area contributed by atoms with Crippen molar-refractivity contribution in [2.24, 2.45) is 0 Å². The normalized spacial score (nSPS) is 22.4. The Morgan fingerprint density at radius 3 is 3.00 bits per heavy atom. The molecule has 1 aliphatic rings. The summed E-state index contributed by atoms with van der Waals surface area (Å²) in [6.07, 6.45) is 2.42. The van der Waals surface area contributed by atoms with E-state index in [1.54, 1.807) is 10.7 Å². The van der Waals surface area contributed by atoms with Crippen LogP contribution in [0, 0.1) is 0 Å². The number of hydrogen-bond acceptors (Lipinski definition) is 5. The van der Waals surface area contributed by atoms with Gasteiger partial charge < -0.3 is 5.32 Å². The van der Waals surface area contributed by atoms with Crippen LogP contribution in [-0.2, 0) is 9.84 Å². The molecule has 1 fully saturated rings. The maximum atomic E-state index is 11.4. The van der Waals surface area contributed by atoms with E-state index >= 15 is 0 Å². The highest BCUT2D eigenvalue weighted by Gasteiger charge is 2.28. The van der Waals surface area contributed by atoms with Crippen molar-refractivity contribution in [2.45, 2.75) is 12.5 Å². The summed E-state index contributed by atoms with van der Waals surface area (Å²) in [7, 11) is -2.88. The second-order valence-electron chi connectivity index (χ2n) is 4.33. The number of halogens is 1. The minimum absolute atomic E-state index is 0.0872. The van der Waals surface area contributed by atoms with E-state index < -0.39 is 9.84 Å². The number of hydrogen-bond donors (Lipinski definition) is 1. The molecule has 1 unspecified atom stereocenters. The van der Waals surface area contributed by atoms with Crippen molar-refractivity contribution in [3.8, 4) is 0 Å². The molecule has 8 heteroatoms. The van der Waals surface area contributed by atoms with Crippen molar-refractivity contribution in [1.82, 2.24) is 14.6 Å². The first-order chi connectivity index (χ1) is 8.52. The fourth-order valence-corrected chi connectivity index (χ4v) is 4.01. The first kappa shape index (κ1) is 11.9. The van der Waals surface area contributed by atoms with E-state index in [0.717, 1.165) is 10.1 Å². The van der Waals surface area contributed by atoms with E-state index in [-0.39, 0.29) is 17.5 Å². The Morgan fingerprint density at radius 1 is 1.44 bits per heavy atom. The maximum Gasteiger partial charge on any atom is 0.243 e. The Kier molecular flexibility index (Phi) is 2.78. The lowest BCUT2D eigenvalue weighted by molar-refractivity contribution is 0.602. The Balaban J connectivity index is 1.83. The Labute approximate surface area is 112 Å². The van der Waals surface area contributed by atoms with Crippen LogP contribution >= 0.6 is 15.9 Å². The number of rotatable bonds is 2. The van der Waals surface area contributed by atoms with Gasteiger partial charge in [-0.05, 0) is 34.5 Å². The standard InChI is InChI=1S/C10H11BrN4O2S/c11-7-1-2-9-13-10(14-15(9)5-7)12-8-3-4-18(16,17)6-8/h1-2,5,8H,3-4,6H2,(H,12,14). The fourth-order valence-electron chi connectivity index (χ4n) is 2.01. The first-order valence-corrected chi connectivity index (χ1v) is 8.12. The molecule has 2 aromatic heterocycles. The fraction of sp³-hybridized carbons (Fsp3) is 0.400. The van der Waals surface area contributed by atoms with Gasteiger partial charge in [-0.15, -0.1) is 5.10 Å². The summed E-state index contributed by atoms with van der Waals surface area (Å²) in [6.45, 7) is 0. The van der Waals surface area contributed by atoms with E-state index in [1.807, 2.05) is 12.1 Å². The van der Waals surface area contributed by atoms with Gasteiger partial charge >= 0.3 is 0 Å². The molecule has 0 amide bonds. The van der Waals surface area contributed by atoms with Gasteiger partial charge in [0.25, 0.3) is 0 Å². The number of fused-ring (bicyclic) bond motifs is 1. The zero-order chi connectivity index (χ0) is 12.8. The number of nitrogens with one attached hydrogen (secondary N) is 1. The zero-order valence-corrected chi connectivity index (χ0v) is 11.8. The molecule has 0 saturated carbocycles. The summed E-state index contributed by atoms with van der Waals surface area (Å²) in [6, 6.07) is 3.64. The summed E-state index contributed by atoms with van der Waals surface area (Å²) < 4.78 is 25.3. The minimum atomic E-state index is -2.88. The number of anilines is 1. The minimum Gasteiger partial charge on any atom is -0.349 e. The summed E-state index contributed by atoms with van der Waals surface area (Å²) >= 11 is 3.36. The SMILES string of the molecule is O=S1(=O)CCC(Nc2nc3ccc(Br)cn3n2)C1. The Hall–Kier alpha value is -1.15. The molecule has 0 bridgehead atoms. The molecule has 1 N–H and O–H groups in total. The average molecular weight is 331 g/mol. The highest BCUT2D eigenvalue weighted by molar-refractivity contribution is 9.10. The van der Waals surface area contributed by atoms with Crippen molar-refractivity contribution in [1.29, 1.82) is 0 Å². The van der Waals surface area contributed by atoms with Gasteiger partial charge in [0.15, 0.2) is 15.5 Å². The number of aromatic nitrogens is 3. The molecule has 1 atom stereocenters. The molecule has 1 saturated heterocycles. The largest absolute Gasteiger partial charge is 0.349 e. The monoisotopic (exact) mass is 330 g/mol. The summed E-state index contributed by atoms with van der Waals surface area (Å²) in [4.78, 5) is 4.29. The molecule has 18 heavy (non-hydrogen) atoms. The van der Waals surface area contributed by atoms with Crippen LogP contribution in [-0.4, -0.2) is 40.6 Å². The molecule has 0 radical (unpaired) electrons. The quantitative estimate of drug-likeness (QED) is 0.892. The van der Waals surface area contributed by atoms with Gasteiger partial charge in [0, 0.05) is 16.7 Å². The number of sulfone groups is 1. The summed E-state index contributed by atoms with van der Waals surface area (Å²) in [5, 5.41) is 7.32. The van der Waals surface area contributed by atoms with Crippen LogP contribution in [0.2, 0.25) is 0 Å². The molecule has 1 aliphatic heterocycles. The van der Waals surface area contributed by atoms with Crippen LogP contribution in [0.5, 0.6) is 0 Å². The van der Waals surface area contributed by atoms with Crippen LogP contribution in [0.1, 0.15) is 6.42 Å². The van der Waals surface area contributed by atoms with Gasteiger partial charge in [-0.1, -0.05) is 0 Å². The van der Waals surface area contributed by atoms with Crippen molar-refractivity contribution in [2.75, 3.05) is 16.8 Å². The van der Waals surface area contributed by atoms with E-state index in [4.69, 9.17) is 0 Å². The molecule has 3 heterocycles. The van der Waals surface area contributed by atoms with Gasteiger partial charge in [-0.2, -0.15) is 4.98 Å². The third-order valence-corrected chi connectivity index (χ3v) is 5.10. The highest BCUT2D eigenvalue weighted by atomic mass is 79.9. The molecular formula is C10H11BrN4O2S. The average Bonchev–Trinajstić information content (AvgIpc) is 2.81. The smallest absolute Gasteiger partial charge is 0.243 e. The van der Waals surface area contributed by atoms with E-state index in [1.165, 1.54) is 0 Å². The molecule has 2 aromatic rings. The van der Waals surface area contributed by atoms with Crippen LogP contribution in [0.3, 0.4) is 0 Å². The van der Waals surface area contributed by atoms with Crippen molar-refractivity contribution in [3.63, 3.8) is 0 Å². The highest BCUT2D eigenvalue weighted by Crippen LogP contribution is 2.17. The lowest BCUT2D eigenvalue weighted by Gasteiger charge is -2.06. The molecule has 96 valence electrons. The van der Waals surface area contributed by atoms with E-state index in [0.29, 0.717) is 12.4 Å². The number of nitrogens with zero attached hydrogens (tertiary/aromatic N) is 3. The van der Waals surface area contributed by atoms with E-state index in [2.05, 4.69) is 31.3 Å². The maximum absolute atomic E-state index is 11.4. The lowest BCUT2D eigenvalue weighted by atomic mass is 10.3. The second kappa shape index (κ2) is 4.20. The molecule has 0 aromatic carbocycles. The Bertz CT molecular complexity index is 697. The van der Waals surface area contributed by atoms with Crippen LogP contribution < -0.4 is 5.32 Å². The third kappa shape index (κ3) is 2.35. The predicted octanol–water partition coefficient (Wildman–Crippen LogP) is 1.09. The summed E-state index contributed by atoms with van der Waals surface area (Å²) in [5.74, 6) is 0.866. The van der Waals surface area contributed by atoms with Crippen molar-refractivity contribution >= 4 is 37.4 Å². The zero-order valence-electron chi connectivity index (χ0n) is 9.38. The molecule has 0 aliphatic carbocycles. The van der Waals surface area contributed by atoms with Crippen molar-refractivity contribution in [3.05, 3.63) is 22.8 Å².